The fourth-order valence-corrected chi connectivity index (χ4v) is 3.30. The Hall–Kier alpha value is -2.32. The first-order chi connectivity index (χ1) is 12.5. The van der Waals surface area contributed by atoms with E-state index in [0.29, 0.717) is 19.6 Å². The lowest BCUT2D eigenvalue weighted by Gasteiger charge is -2.30. The Morgan fingerprint density at radius 2 is 1.96 bits per heavy atom. The Kier molecular flexibility index (Phi) is 5.95. The van der Waals surface area contributed by atoms with E-state index in [1.54, 1.807) is 4.90 Å². The van der Waals surface area contributed by atoms with Gasteiger partial charge in [0.05, 0.1) is 45.9 Å². The lowest BCUT2D eigenvalue weighted by atomic mass is 10.2. The zero-order valence-corrected chi connectivity index (χ0v) is 15.5. The molecule has 2 fully saturated rings. The highest BCUT2D eigenvalue weighted by Crippen LogP contribution is 2.24. The van der Waals surface area contributed by atoms with E-state index in [1.807, 2.05) is 36.2 Å². The second-order valence-electron chi connectivity index (χ2n) is 6.86. The third-order valence-electron chi connectivity index (χ3n) is 4.80. The van der Waals surface area contributed by atoms with Crippen LogP contribution in [0.5, 0.6) is 5.75 Å². The molecule has 0 radical (unpaired) electrons. The highest BCUT2D eigenvalue weighted by molar-refractivity contribution is 5.96. The summed E-state index contributed by atoms with van der Waals surface area (Å²) in [5.41, 5.74) is 3.71. The van der Waals surface area contributed by atoms with Gasteiger partial charge in [0.25, 0.3) is 0 Å². The Morgan fingerprint density at radius 1 is 1.27 bits per heavy atom. The summed E-state index contributed by atoms with van der Waals surface area (Å²) < 4.78 is 5.43. The molecule has 0 aromatic heterocycles. The van der Waals surface area contributed by atoms with E-state index in [4.69, 9.17) is 4.74 Å². The molecule has 3 rings (SSSR count). The van der Waals surface area contributed by atoms with Crippen LogP contribution in [0.25, 0.3) is 0 Å². The van der Waals surface area contributed by atoms with Gasteiger partial charge in [0.15, 0.2) is 0 Å². The summed E-state index contributed by atoms with van der Waals surface area (Å²) in [6, 6.07) is 7.03. The molecule has 0 aliphatic carbocycles. The summed E-state index contributed by atoms with van der Waals surface area (Å²) >= 11 is 0. The van der Waals surface area contributed by atoms with Gasteiger partial charge < -0.3 is 19.9 Å². The molecule has 3 N–H and O–H groups in total. The van der Waals surface area contributed by atoms with E-state index in [9.17, 15) is 9.59 Å². The number of benzene rings is 1. The number of rotatable bonds is 5. The number of anilines is 1. The fourth-order valence-electron chi connectivity index (χ4n) is 3.30. The Labute approximate surface area is 154 Å². The molecule has 8 nitrogen and oxygen atoms in total. The van der Waals surface area contributed by atoms with Crippen molar-refractivity contribution in [2.75, 3.05) is 51.3 Å². The van der Waals surface area contributed by atoms with E-state index >= 15 is 0 Å². The molecule has 3 amide bonds. The molecular weight excluding hydrogens is 334 g/mol. The van der Waals surface area contributed by atoms with Gasteiger partial charge >= 0.3 is 6.03 Å². The molecule has 26 heavy (non-hydrogen) atoms. The number of piperazine rings is 1. The normalized spacial score (nSPS) is 21.7. The molecule has 2 heterocycles. The van der Waals surface area contributed by atoms with Crippen LogP contribution >= 0.6 is 0 Å². The zero-order valence-electron chi connectivity index (χ0n) is 15.5. The topological polar surface area (TPSA) is 78.3 Å². The number of ether oxygens (including phenoxy) is 1. The molecule has 1 aromatic rings. The van der Waals surface area contributed by atoms with Gasteiger partial charge in [-0.2, -0.15) is 0 Å². The second-order valence-corrected chi connectivity index (χ2v) is 6.86. The van der Waals surface area contributed by atoms with Crippen LogP contribution < -0.4 is 25.3 Å². The maximum absolute atomic E-state index is 12.3. The fraction of sp³-hybridized carbons (Fsp3) is 0.556. The van der Waals surface area contributed by atoms with E-state index in [1.165, 1.54) is 4.90 Å². The maximum Gasteiger partial charge on any atom is 0.329 e. The van der Waals surface area contributed by atoms with Crippen LogP contribution in [0, 0.1) is 0 Å². The Bertz CT molecular complexity index is 628. The first kappa shape index (κ1) is 18.5. The van der Waals surface area contributed by atoms with Gasteiger partial charge in [-0.25, -0.2) is 9.80 Å². The highest BCUT2D eigenvalue weighted by Gasteiger charge is 2.32. The van der Waals surface area contributed by atoms with E-state index in [-0.39, 0.29) is 18.0 Å². The van der Waals surface area contributed by atoms with Crippen LogP contribution in [-0.4, -0.2) is 69.4 Å². The van der Waals surface area contributed by atoms with Crippen LogP contribution in [-0.2, 0) is 4.79 Å². The van der Waals surface area contributed by atoms with Crippen molar-refractivity contribution in [2.24, 2.45) is 0 Å². The molecule has 142 valence electrons. The monoisotopic (exact) mass is 362 g/mol. The molecule has 2 aliphatic rings. The molecular formula is C18H28N5O3+. The molecule has 0 spiro atoms. The van der Waals surface area contributed by atoms with E-state index < -0.39 is 0 Å². The number of urea groups is 1. The van der Waals surface area contributed by atoms with Gasteiger partial charge in [0.2, 0.25) is 5.91 Å². The second kappa shape index (κ2) is 8.37. The van der Waals surface area contributed by atoms with Gasteiger partial charge in [0.1, 0.15) is 5.75 Å². The van der Waals surface area contributed by atoms with Crippen molar-refractivity contribution in [3.8, 4) is 5.75 Å². The Morgan fingerprint density at radius 3 is 2.62 bits per heavy atom. The number of carbonyl (C=O) groups excluding carboxylic acids is 2. The van der Waals surface area contributed by atoms with Gasteiger partial charge in [-0.05, 0) is 31.2 Å². The van der Waals surface area contributed by atoms with E-state index in [2.05, 4.69) is 17.8 Å². The lowest BCUT2D eigenvalue weighted by Crippen LogP contribution is -3.12. The molecule has 0 saturated carbocycles. The van der Waals surface area contributed by atoms with Gasteiger partial charge in [-0.15, -0.1) is 0 Å². The predicted molar refractivity (Wildman–Crippen MR) is 98.2 cm³/mol. The quantitative estimate of drug-likeness (QED) is 0.643. The largest absolute Gasteiger partial charge is 0.494 e. The van der Waals surface area contributed by atoms with Crippen LogP contribution in [0.3, 0.4) is 0 Å². The van der Waals surface area contributed by atoms with Gasteiger partial charge in [-0.3, -0.25) is 10.2 Å². The zero-order chi connectivity index (χ0) is 18.5. The standard InChI is InChI=1S/C18H27N5O3/c1-3-26-16-6-4-15(5-7-16)23-13-14(12-17(23)24)19-18(25)20-22-10-8-21(2)9-11-22/h4-7,14H,3,8-13H2,1-2H3,(H2,19,20,25)/p+1/t14-/m0/s1. The number of hydrogen-bond donors (Lipinski definition) is 3. The van der Waals surface area contributed by atoms with Crippen LogP contribution in [0.1, 0.15) is 13.3 Å². The molecule has 0 bridgehead atoms. The summed E-state index contributed by atoms with van der Waals surface area (Å²) in [5, 5.41) is 4.85. The Balaban J connectivity index is 1.50. The number of amides is 3. The van der Waals surface area contributed by atoms with Crippen LogP contribution in [0.4, 0.5) is 10.5 Å². The average molecular weight is 362 g/mol. The number of carbonyl (C=O) groups is 2. The number of nitrogens with zero attached hydrogens (tertiary/aromatic N) is 2. The minimum Gasteiger partial charge on any atom is -0.494 e. The minimum absolute atomic E-state index is 0.0163. The number of hydrogen-bond acceptors (Lipinski definition) is 4. The molecule has 2 aliphatic heterocycles. The minimum atomic E-state index is -0.240. The SMILES string of the molecule is CCOc1ccc(N2C[C@@H](NC(=O)NN3CC[NH+](C)CC3)CC2=O)cc1. The lowest BCUT2D eigenvalue weighted by molar-refractivity contribution is -0.884. The molecule has 1 atom stereocenters. The number of likely N-dealkylation sites (N-methyl/N-ethyl adjacent to an activating group) is 1. The number of nitrogens with one attached hydrogen (secondary N) is 3. The molecule has 1 aromatic carbocycles. The molecule has 0 unspecified atom stereocenters. The summed E-state index contributed by atoms with van der Waals surface area (Å²) in [4.78, 5) is 27.7. The summed E-state index contributed by atoms with van der Waals surface area (Å²) in [6.07, 6.45) is 0.313. The van der Waals surface area contributed by atoms with Crippen molar-refractivity contribution >= 4 is 17.6 Å². The van der Waals surface area contributed by atoms with Gasteiger partial charge in [-0.1, -0.05) is 0 Å². The van der Waals surface area contributed by atoms with Crippen molar-refractivity contribution in [1.82, 2.24) is 15.8 Å². The summed E-state index contributed by atoms with van der Waals surface area (Å²) in [6.45, 7) is 6.71. The maximum atomic E-state index is 12.3. The summed E-state index contributed by atoms with van der Waals surface area (Å²) in [5.74, 6) is 0.800. The van der Waals surface area contributed by atoms with Crippen LogP contribution in [0.15, 0.2) is 24.3 Å². The van der Waals surface area contributed by atoms with Crippen LogP contribution in [0.2, 0.25) is 0 Å². The molecule has 8 heteroatoms. The third kappa shape index (κ3) is 4.64. The van der Waals surface area contributed by atoms with Crippen molar-refractivity contribution in [2.45, 2.75) is 19.4 Å². The van der Waals surface area contributed by atoms with Crippen molar-refractivity contribution in [1.29, 1.82) is 0 Å². The van der Waals surface area contributed by atoms with Crippen molar-refractivity contribution in [3.63, 3.8) is 0 Å². The third-order valence-corrected chi connectivity index (χ3v) is 4.80. The first-order valence-corrected chi connectivity index (χ1v) is 9.21. The van der Waals surface area contributed by atoms with Crippen molar-refractivity contribution in [3.05, 3.63) is 24.3 Å². The summed E-state index contributed by atoms with van der Waals surface area (Å²) in [7, 11) is 2.15. The smallest absolute Gasteiger partial charge is 0.329 e. The number of hydrazine groups is 1. The predicted octanol–water partition coefficient (Wildman–Crippen LogP) is -0.765. The highest BCUT2D eigenvalue weighted by atomic mass is 16.5. The first-order valence-electron chi connectivity index (χ1n) is 9.21. The number of quaternary nitrogens is 1. The van der Waals surface area contributed by atoms with Crippen molar-refractivity contribution < 1.29 is 19.2 Å². The van der Waals surface area contributed by atoms with E-state index in [0.717, 1.165) is 37.6 Å². The average Bonchev–Trinajstić information content (AvgIpc) is 2.98. The van der Waals surface area contributed by atoms with Gasteiger partial charge in [0, 0.05) is 18.7 Å². The molecule has 2 saturated heterocycles.